The molecule has 0 bridgehead atoms. The Balaban J connectivity index is 1.67. The summed E-state index contributed by atoms with van der Waals surface area (Å²) in [5, 5.41) is 3.68. The predicted molar refractivity (Wildman–Crippen MR) is 103 cm³/mol. The predicted octanol–water partition coefficient (Wildman–Crippen LogP) is 3.22. The van der Waals surface area contributed by atoms with Gasteiger partial charge in [-0.3, -0.25) is 15.6 Å². The molecule has 9 heteroatoms. The molecule has 3 rings (SSSR count). The van der Waals surface area contributed by atoms with Crippen molar-refractivity contribution in [2.24, 2.45) is 0 Å². The zero-order chi connectivity index (χ0) is 19.2. The summed E-state index contributed by atoms with van der Waals surface area (Å²) in [6.45, 7) is 0.405. The molecule has 0 radical (unpaired) electrons. The fourth-order valence-electron chi connectivity index (χ4n) is 2.29. The lowest BCUT2D eigenvalue weighted by molar-refractivity contribution is 0.0958. The number of halogens is 2. The number of benzene rings is 2. The fraction of sp³-hybridized carbons (Fsp3) is 0.0556. The molecule has 3 aromatic rings. The van der Waals surface area contributed by atoms with Crippen LogP contribution in [-0.2, 0) is 6.54 Å². The number of aromatic nitrogens is 2. The van der Waals surface area contributed by atoms with E-state index < -0.39 is 11.7 Å². The number of nitrogens with two attached hydrogens (primary N) is 1. The molecule has 0 spiro atoms. The zero-order valence-corrected chi connectivity index (χ0v) is 14.8. The summed E-state index contributed by atoms with van der Waals surface area (Å²) in [6, 6.07) is 13.0. The third-order valence-electron chi connectivity index (χ3n) is 3.70. The molecule has 1 heterocycles. The van der Waals surface area contributed by atoms with Crippen LogP contribution in [0.4, 0.5) is 21.7 Å². The highest BCUT2D eigenvalue weighted by atomic mass is 35.5. The molecule has 0 aliphatic rings. The van der Waals surface area contributed by atoms with Crippen molar-refractivity contribution in [1.82, 2.24) is 15.4 Å². The van der Waals surface area contributed by atoms with Crippen molar-refractivity contribution in [3.05, 3.63) is 76.8 Å². The van der Waals surface area contributed by atoms with Crippen molar-refractivity contribution >= 4 is 34.8 Å². The number of nitrogen functional groups attached to an aromatic ring is 1. The van der Waals surface area contributed by atoms with Crippen molar-refractivity contribution in [2.75, 3.05) is 16.5 Å². The average molecular weight is 387 g/mol. The molecule has 1 amide bonds. The molecule has 0 aliphatic carbocycles. The van der Waals surface area contributed by atoms with E-state index in [0.29, 0.717) is 17.4 Å². The number of rotatable bonds is 6. The number of hydrogen-bond acceptors (Lipinski definition) is 6. The van der Waals surface area contributed by atoms with Crippen LogP contribution in [0.5, 0.6) is 0 Å². The third kappa shape index (κ3) is 4.42. The lowest BCUT2D eigenvalue weighted by atomic mass is 10.2. The van der Waals surface area contributed by atoms with Crippen LogP contribution < -0.4 is 21.9 Å². The Labute approximate surface area is 159 Å². The monoisotopic (exact) mass is 386 g/mol. The minimum Gasteiger partial charge on any atom is -0.393 e. The fourth-order valence-corrected chi connectivity index (χ4v) is 2.49. The lowest BCUT2D eigenvalue weighted by Gasteiger charge is -2.13. The van der Waals surface area contributed by atoms with Crippen LogP contribution in [0, 0.1) is 5.82 Å². The highest BCUT2D eigenvalue weighted by molar-refractivity contribution is 6.31. The SMILES string of the molecule is Nc1c(NCc2ccccc2Cl)ncnc1NNC(=O)c1ccccc1F. The number of anilines is 3. The summed E-state index contributed by atoms with van der Waals surface area (Å²) < 4.78 is 13.6. The summed E-state index contributed by atoms with van der Waals surface area (Å²) >= 11 is 6.12. The normalized spacial score (nSPS) is 10.3. The minimum absolute atomic E-state index is 0.102. The smallest absolute Gasteiger partial charge is 0.272 e. The van der Waals surface area contributed by atoms with Crippen LogP contribution in [0.2, 0.25) is 5.02 Å². The van der Waals surface area contributed by atoms with Gasteiger partial charge in [0.15, 0.2) is 11.6 Å². The van der Waals surface area contributed by atoms with Gasteiger partial charge in [0, 0.05) is 11.6 Å². The van der Waals surface area contributed by atoms with Gasteiger partial charge in [0.25, 0.3) is 5.91 Å². The topological polar surface area (TPSA) is 105 Å². The third-order valence-corrected chi connectivity index (χ3v) is 4.07. The maximum atomic E-state index is 13.6. The first kappa shape index (κ1) is 18.4. The summed E-state index contributed by atoms with van der Waals surface area (Å²) in [6.07, 6.45) is 1.28. The van der Waals surface area contributed by atoms with Gasteiger partial charge in [-0.05, 0) is 23.8 Å². The molecule has 0 saturated heterocycles. The first-order valence-electron chi connectivity index (χ1n) is 7.95. The Morgan fingerprint density at radius 3 is 2.56 bits per heavy atom. The quantitative estimate of drug-likeness (QED) is 0.485. The second kappa shape index (κ2) is 8.33. The van der Waals surface area contributed by atoms with E-state index in [1.54, 1.807) is 12.1 Å². The average Bonchev–Trinajstić information content (AvgIpc) is 2.67. The van der Waals surface area contributed by atoms with E-state index >= 15 is 0 Å². The highest BCUT2D eigenvalue weighted by Gasteiger charge is 2.13. The first-order chi connectivity index (χ1) is 13.1. The molecule has 0 unspecified atom stereocenters. The van der Waals surface area contributed by atoms with Gasteiger partial charge >= 0.3 is 0 Å². The van der Waals surface area contributed by atoms with Gasteiger partial charge in [-0.2, -0.15) is 0 Å². The summed E-state index contributed by atoms with van der Waals surface area (Å²) in [7, 11) is 0. The Kier molecular flexibility index (Phi) is 5.68. The molecule has 5 N–H and O–H groups in total. The van der Waals surface area contributed by atoms with Crippen molar-refractivity contribution in [3.63, 3.8) is 0 Å². The van der Waals surface area contributed by atoms with E-state index in [4.69, 9.17) is 17.3 Å². The van der Waals surface area contributed by atoms with Gasteiger partial charge in [0.05, 0.1) is 5.56 Å². The lowest BCUT2D eigenvalue weighted by Crippen LogP contribution is -2.31. The van der Waals surface area contributed by atoms with Gasteiger partial charge in [-0.15, -0.1) is 0 Å². The van der Waals surface area contributed by atoms with E-state index in [9.17, 15) is 9.18 Å². The molecule has 0 atom stereocenters. The highest BCUT2D eigenvalue weighted by Crippen LogP contribution is 2.23. The molecule has 7 nitrogen and oxygen atoms in total. The molecular weight excluding hydrogens is 371 g/mol. The van der Waals surface area contributed by atoms with Crippen LogP contribution in [0.25, 0.3) is 0 Å². The summed E-state index contributed by atoms with van der Waals surface area (Å²) in [4.78, 5) is 20.1. The van der Waals surface area contributed by atoms with Gasteiger partial charge in [-0.1, -0.05) is 41.9 Å². The number of hydrogen-bond donors (Lipinski definition) is 4. The van der Waals surface area contributed by atoms with Crippen molar-refractivity contribution < 1.29 is 9.18 Å². The van der Waals surface area contributed by atoms with Gasteiger partial charge in [0.1, 0.15) is 17.8 Å². The number of nitrogens with one attached hydrogen (secondary N) is 3. The van der Waals surface area contributed by atoms with E-state index in [0.717, 1.165) is 5.56 Å². The van der Waals surface area contributed by atoms with Gasteiger partial charge in [0.2, 0.25) is 0 Å². The standard InChI is InChI=1S/C18H16ClFN6O/c19-13-7-3-1-5-11(13)9-22-16-15(21)17(24-10-23-16)25-26-18(27)12-6-2-4-8-14(12)20/h1-8,10H,9,21H2,(H,26,27)(H2,22,23,24,25). The molecule has 27 heavy (non-hydrogen) atoms. The molecule has 0 aliphatic heterocycles. The Bertz CT molecular complexity index is 968. The zero-order valence-electron chi connectivity index (χ0n) is 14.0. The first-order valence-corrected chi connectivity index (χ1v) is 8.32. The van der Waals surface area contributed by atoms with Crippen LogP contribution in [0.3, 0.4) is 0 Å². The molecular formula is C18H16ClFN6O. The van der Waals surface area contributed by atoms with Crippen molar-refractivity contribution in [3.8, 4) is 0 Å². The number of hydrazine groups is 1. The number of carbonyl (C=O) groups is 1. The van der Waals surface area contributed by atoms with Crippen LogP contribution >= 0.6 is 11.6 Å². The maximum absolute atomic E-state index is 13.6. The molecule has 1 aromatic heterocycles. The van der Waals surface area contributed by atoms with E-state index in [1.807, 2.05) is 18.2 Å². The Morgan fingerprint density at radius 1 is 1.07 bits per heavy atom. The van der Waals surface area contributed by atoms with Crippen LogP contribution in [0.1, 0.15) is 15.9 Å². The Hall–Kier alpha value is -3.39. The van der Waals surface area contributed by atoms with E-state index in [1.165, 1.54) is 24.5 Å². The summed E-state index contributed by atoms with van der Waals surface area (Å²) in [5.41, 5.74) is 11.9. The van der Waals surface area contributed by atoms with Gasteiger partial charge in [-0.25, -0.2) is 14.4 Å². The summed E-state index contributed by atoms with van der Waals surface area (Å²) in [5.74, 6) is -0.741. The molecule has 138 valence electrons. The largest absolute Gasteiger partial charge is 0.393 e. The molecule has 2 aromatic carbocycles. The maximum Gasteiger partial charge on any atom is 0.272 e. The molecule has 0 fully saturated rings. The Morgan fingerprint density at radius 2 is 1.78 bits per heavy atom. The minimum atomic E-state index is -0.656. The van der Waals surface area contributed by atoms with Crippen LogP contribution in [-0.4, -0.2) is 15.9 Å². The second-order valence-corrected chi connectivity index (χ2v) is 5.90. The van der Waals surface area contributed by atoms with Gasteiger partial charge < -0.3 is 11.1 Å². The van der Waals surface area contributed by atoms with Crippen molar-refractivity contribution in [2.45, 2.75) is 6.54 Å². The molecule has 0 saturated carbocycles. The van der Waals surface area contributed by atoms with Crippen LogP contribution in [0.15, 0.2) is 54.9 Å². The van der Waals surface area contributed by atoms with E-state index in [2.05, 4.69) is 26.1 Å². The number of carbonyl (C=O) groups excluding carboxylic acids is 1. The number of amides is 1. The van der Waals surface area contributed by atoms with E-state index in [-0.39, 0.29) is 17.1 Å². The van der Waals surface area contributed by atoms with Crippen molar-refractivity contribution in [1.29, 1.82) is 0 Å². The second-order valence-electron chi connectivity index (χ2n) is 5.49. The number of nitrogens with zero attached hydrogens (tertiary/aromatic N) is 2.